The predicted molar refractivity (Wildman–Crippen MR) is 79.3 cm³/mol. The molecule has 1 aromatic heterocycles. The third-order valence-corrected chi connectivity index (χ3v) is 4.58. The number of nitrogens with one attached hydrogen (secondary N) is 2. The first-order valence-electron chi connectivity index (χ1n) is 7.10. The molecule has 4 N–H and O–H groups in total. The number of aromatic amines is 1. The van der Waals surface area contributed by atoms with Crippen molar-refractivity contribution < 1.29 is 4.79 Å². The summed E-state index contributed by atoms with van der Waals surface area (Å²) in [4.78, 5) is 12.4. The summed E-state index contributed by atoms with van der Waals surface area (Å²) in [5.74, 6) is 1.05. The highest BCUT2D eigenvalue weighted by Gasteiger charge is 2.31. The zero-order valence-electron chi connectivity index (χ0n) is 11.8. The molecule has 1 aliphatic rings. The Hall–Kier alpha value is -2.04. The molecule has 5 nitrogen and oxygen atoms in total. The van der Waals surface area contributed by atoms with Crippen LogP contribution in [0.2, 0.25) is 0 Å². The lowest BCUT2D eigenvalue weighted by Crippen LogP contribution is -2.37. The van der Waals surface area contributed by atoms with E-state index in [1.165, 1.54) is 6.42 Å². The number of rotatable bonds is 2. The van der Waals surface area contributed by atoms with Crippen LogP contribution in [0.4, 0.5) is 5.69 Å². The van der Waals surface area contributed by atoms with Gasteiger partial charge >= 0.3 is 0 Å². The average Bonchev–Trinajstić information content (AvgIpc) is 2.96. The third-order valence-electron chi connectivity index (χ3n) is 4.58. The summed E-state index contributed by atoms with van der Waals surface area (Å²) in [6.45, 7) is 4.44. The molecule has 5 heteroatoms. The zero-order valence-corrected chi connectivity index (χ0v) is 11.8. The van der Waals surface area contributed by atoms with Crippen LogP contribution in [0.5, 0.6) is 0 Å². The first-order valence-corrected chi connectivity index (χ1v) is 7.10. The number of hydrogen-bond acceptors (Lipinski definition) is 3. The maximum absolute atomic E-state index is 12.4. The second-order valence-corrected chi connectivity index (χ2v) is 5.87. The molecule has 2 aromatic rings. The van der Waals surface area contributed by atoms with Crippen LogP contribution in [0.3, 0.4) is 0 Å². The van der Waals surface area contributed by atoms with Crippen molar-refractivity contribution in [2.75, 3.05) is 5.73 Å². The summed E-state index contributed by atoms with van der Waals surface area (Å²) in [7, 11) is 0. The van der Waals surface area contributed by atoms with Crippen molar-refractivity contribution in [1.29, 1.82) is 0 Å². The van der Waals surface area contributed by atoms with Crippen LogP contribution in [0.15, 0.2) is 18.2 Å². The number of carbonyl (C=O) groups excluding carboxylic acids is 1. The van der Waals surface area contributed by atoms with Crippen molar-refractivity contribution in [3.63, 3.8) is 0 Å². The molecule has 0 aliphatic heterocycles. The molecule has 0 radical (unpaired) electrons. The summed E-state index contributed by atoms with van der Waals surface area (Å²) >= 11 is 0. The summed E-state index contributed by atoms with van der Waals surface area (Å²) in [5.41, 5.74) is 7.68. The number of carbonyl (C=O) groups is 1. The lowest BCUT2D eigenvalue weighted by atomic mass is 9.98. The van der Waals surface area contributed by atoms with Crippen LogP contribution >= 0.6 is 0 Å². The fourth-order valence-electron chi connectivity index (χ4n) is 3.01. The number of fused-ring (bicyclic) bond motifs is 1. The Bertz CT molecular complexity index is 648. The molecule has 3 unspecified atom stereocenters. The van der Waals surface area contributed by atoms with Gasteiger partial charge in [-0.3, -0.25) is 9.89 Å². The second-order valence-electron chi connectivity index (χ2n) is 5.87. The lowest BCUT2D eigenvalue weighted by molar-refractivity contribution is 0.0924. The minimum atomic E-state index is -0.118. The van der Waals surface area contributed by atoms with E-state index in [9.17, 15) is 4.79 Å². The smallest absolute Gasteiger partial charge is 0.272 e. The van der Waals surface area contributed by atoms with Gasteiger partial charge in [0.15, 0.2) is 5.69 Å². The SMILES string of the molecule is CC1CCC(NC(=O)c2n[nH]c3ccc(N)cc23)C1C. The van der Waals surface area contributed by atoms with E-state index in [0.717, 1.165) is 17.3 Å². The predicted octanol–water partition coefficient (Wildman–Crippen LogP) is 2.31. The van der Waals surface area contributed by atoms with Gasteiger partial charge in [-0.15, -0.1) is 0 Å². The van der Waals surface area contributed by atoms with Crippen molar-refractivity contribution in [1.82, 2.24) is 15.5 Å². The van der Waals surface area contributed by atoms with Crippen molar-refractivity contribution in [3.8, 4) is 0 Å². The summed E-state index contributed by atoms with van der Waals surface area (Å²) in [6.07, 6.45) is 2.21. The Balaban J connectivity index is 1.84. The minimum Gasteiger partial charge on any atom is -0.399 e. The van der Waals surface area contributed by atoms with Gasteiger partial charge in [-0.05, 0) is 42.9 Å². The average molecular weight is 272 g/mol. The fraction of sp³-hybridized carbons (Fsp3) is 0.467. The largest absolute Gasteiger partial charge is 0.399 e. The monoisotopic (exact) mass is 272 g/mol. The molecule has 20 heavy (non-hydrogen) atoms. The van der Waals surface area contributed by atoms with Crippen LogP contribution < -0.4 is 11.1 Å². The number of aromatic nitrogens is 2. The van der Waals surface area contributed by atoms with Gasteiger partial charge in [0.25, 0.3) is 5.91 Å². The lowest BCUT2D eigenvalue weighted by Gasteiger charge is -2.19. The Labute approximate surface area is 117 Å². The number of amides is 1. The molecule has 1 amide bonds. The summed E-state index contributed by atoms with van der Waals surface area (Å²) in [6, 6.07) is 5.66. The van der Waals surface area contributed by atoms with Crippen molar-refractivity contribution in [2.24, 2.45) is 11.8 Å². The number of nitrogen functional groups attached to an aromatic ring is 1. The van der Waals surface area contributed by atoms with E-state index in [-0.39, 0.29) is 11.9 Å². The van der Waals surface area contributed by atoms with Crippen LogP contribution in [0.1, 0.15) is 37.2 Å². The maximum Gasteiger partial charge on any atom is 0.272 e. The van der Waals surface area contributed by atoms with E-state index in [1.54, 1.807) is 12.1 Å². The number of anilines is 1. The molecule has 0 bridgehead atoms. The molecular formula is C15H20N4O. The van der Waals surface area contributed by atoms with Gasteiger partial charge in [-0.2, -0.15) is 5.10 Å². The molecule has 3 rings (SSSR count). The van der Waals surface area contributed by atoms with Gasteiger partial charge in [-0.25, -0.2) is 0 Å². The number of nitrogens with two attached hydrogens (primary N) is 1. The first kappa shape index (κ1) is 13.0. The number of benzene rings is 1. The summed E-state index contributed by atoms with van der Waals surface area (Å²) in [5, 5.41) is 10.9. The highest BCUT2D eigenvalue weighted by atomic mass is 16.2. The highest BCUT2D eigenvalue weighted by molar-refractivity contribution is 6.05. The Morgan fingerprint density at radius 3 is 2.90 bits per heavy atom. The van der Waals surface area contributed by atoms with Crippen LogP contribution in [-0.4, -0.2) is 22.1 Å². The third kappa shape index (κ3) is 2.13. The molecule has 1 aromatic carbocycles. The quantitative estimate of drug-likeness (QED) is 0.733. The maximum atomic E-state index is 12.4. The molecule has 3 atom stereocenters. The number of nitrogens with zero attached hydrogens (tertiary/aromatic N) is 1. The van der Waals surface area contributed by atoms with Crippen LogP contribution in [0.25, 0.3) is 10.9 Å². The van der Waals surface area contributed by atoms with Crippen molar-refractivity contribution in [2.45, 2.75) is 32.7 Å². The van der Waals surface area contributed by atoms with Crippen LogP contribution in [0, 0.1) is 11.8 Å². The molecule has 1 fully saturated rings. The molecule has 1 heterocycles. The highest BCUT2D eigenvalue weighted by Crippen LogP contribution is 2.31. The molecule has 1 saturated carbocycles. The molecule has 0 spiro atoms. The molecule has 106 valence electrons. The Morgan fingerprint density at radius 1 is 1.40 bits per heavy atom. The van der Waals surface area contributed by atoms with Gasteiger partial charge in [0.05, 0.1) is 5.52 Å². The standard InChI is InChI=1S/C15H20N4O/c1-8-3-5-12(9(8)2)17-15(20)14-11-7-10(16)4-6-13(11)18-19-14/h4,6-9,12H,3,5,16H2,1-2H3,(H,17,20)(H,18,19). The van der Waals surface area contributed by atoms with Gasteiger partial charge in [0.2, 0.25) is 0 Å². The molecule has 0 saturated heterocycles. The molecule has 1 aliphatic carbocycles. The van der Waals surface area contributed by atoms with Crippen molar-refractivity contribution >= 4 is 22.5 Å². The van der Waals surface area contributed by atoms with E-state index in [0.29, 0.717) is 23.2 Å². The van der Waals surface area contributed by atoms with E-state index in [4.69, 9.17) is 5.73 Å². The van der Waals surface area contributed by atoms with Gasteiger partial charge in [0, 0.05) is 17.1 Å². The van der Waals surface area contributed by atoms with Gasteiger partial charge in [-0.1, -0.05) is 13.8 Å². The van der Waals surface area contributed by atoms with Crippen LogP contribution in [-0.2, 0) is 0 Å². The normalized spacial score (nSPS) is 26.0. The fourth-order valence-corrected chi connectivity index (χ4v) is 3.01. The number of H-pyrrole nitrogens is 1. The van der Waals surface area contributed by atoms with E-state index >= 15 is 0 Å². The number of hydrogen-bond donors (Lipinski definition) is 3. The minimum absolute atomic E-state index is 0.118. The Kier molecular flexibility index (Phi) is 3.12. The first-order chi connectivity index (χ1) is 9.56. The molecular weight excluding hydrogens is 252 g/mol. The van der Waals surface area contributed by atoms with E-state index < -0.39 is 0 Å². The summed E-state index contributed by atoms with van der Waals surface area (Å²) < 4.78 is 0. The van der Waals surface area contributed by atoms with Crippen molar-refractivity contribution in [3.05, 3.63) is 23.9 Å². The second kappa shape index (κ2) is 4.81. The topological polar surface area (TPSA) is 83.8 Å². The van der Waals surface area contributed by atoms with Gasteiger partial charge in [0.1, 0.15) is 0 Å². The zero-order chi connectivity index (χ0) is 14.3. The van der Waals surface area contributed by atoms with E-state index in [1.807, 2.05) is 6.07 Å². The van der Waals surface area contributed by atoms with Gasteiger partial charge < -0.3 is 11.1 Å². The Morgan fingerprint density at radius 2 is 2.20 bits per heavy atom. The van der Waals surface area contributed by atoms with E-state index in [2.05, 4.69) is 29.4 Å².